The lowest BCUT2D eigenvalue weighted by atomic mass is 10.0. The van der Waals surface area contributed by atoms with Crippen LogP contribution in [-0.2, 0) is 11.2 Å². The molecule has 0 aliphatic carbocycles. The summed E-state index contributed by atoms with van der Waals surface area (Å²) in [6.45, 7) is 2.05. The highest BCUT2D eigenvalue weighted by Gasteiger charge is 2.25. The average molecular weight is 375 g/mol. The molecule has 2 aromatic carbocycles. The third-order valence-electron chi connectivity index (χ3n) is 5.57. The van der Waals surface area contributed by atoms with Crippen LogP contribution in [0.15, 0.2) is 60.8 Å². The van der Waals surface area contributed by atoms with Crippen LogP contribution in [0, 0.1) is 0 Å². The summed E-state index contributed by atoms with van der Waals surface area (Å²) in [4.78, 5) is 13.4. The molecular weight excluding hydrogens is 350 g/mol. The second kappa shape index (κ2) is 7.90. The topological polar surface area (TPSA) is 71.5 Å². The van der Waals surface area contributed by atoms with Gasteiger partial charge in [-0.2, -0.15) is 4.73 Å². The lowest BCUT2D eigenvalue weighted by Gasteiger charge is -2.25. The molecule has 1 aliphatic heterocycles. The van der Waals surface area contributed by atoms with Crippen LogP contribution >= 0.6 is 0 Å². The molecule has 5 nitrogen and oxygen atoms in total. The summed E-state index contributed by atoms with van der Waals surface area (Å²) in [7, 11) is 0. The predicted octanol–water partition coefficient (Wildman–Crippen LogP) is 3.76. The van der Waals surface area contributed by atoms with E-state index in [1.165, 1.54) is 28.4 Å². The Kier molecular flexibility index (Phi) is 5.17. The molecule has 2 heterocycles. The zero-order valence-electron chi connectivity index (χ0n) is 15.8. The van der Waals surface area contributed by atoms with Crippen LogP contribution < -0.4 is 5.73 Å². The van der Waals surface area contributed by atoms with Gasteiger partial charge in [0.25, 0.3) is 0 Å². The zero-order valence-corrected chi connectivity index (χ0v) is 15.8. The molecule has 1 atom stereocenters. The van der Waals surface area contributed by atoms with Gasteiger partial charge in [-0.05, 0) is 54.6 Å². The first-order valence-corrected chi connectivity index (χ1v) is 9.71. The number of likely N-dealkylation sites (tertiary alicyclic amines) is 1. The van der Waals surface area contributed by atoms with Crippen molar-refractivity contribution in [1.82, 2.24) is 9.63 Å². The van der Waals surface area contributed by atoms with Crippen LogP contribution in [0.5, 0.6) is 0 Å². The summed E-state index contributed by atoms with van der Waals surface area (Å²) < 4.78 is 1.23. The molecule has 1 fully saturated rings. The van der Waals surface area contributed by atoms with Crippen molar-refractivity contribution in [2.75, 3.05) is 13.1 Å². The number of hydrogen-bond acceptors (Lipinski definition) is 3. The van der Waals surface area contributed by atoms with Crippen molar-refractivity contribution in [2.24, 2.45) is 5.73 Å². The zero-order chi connectivity index (χ0) is 19.5. The van der Waals surface area contributed by atoms with E-state index in [4.69, 9.17) is 5.73 Å². The summed E-state index contributed by atoms with van der Waals surface area (Å²) in [5.74, 6) is -0.435. The number of fused-ring (bicyclic) bond motifs is 1. The molecule has 0 spiro atoms. The number of benzene rings is 2. The van der Waals surface area contributed by atoms with E-state index < -0.39 is 5.91 Å². The van der Waals surface area contributed by atoms with Gasteiger partial charge in [-0.3, -0.25) is 9.69 Å². The number of primary amides is 1. The molecule has 1 saturated heterocycles. The number of rotatable bonds is 6. The van der Waals surface area contributed by atoms with Crippen molar-refractivity contribution < 1.29 is 10.0 Å². The minimum absolute atomic E-state index is 0.414. The van der Waals surface area contributed by atoms with Gasteiger partial charge in [0.1, 0.15) is 0 Å². The highest BCUT2D eigenvalue weighted by atomic mass is 16.5. The van der Waals surface area contributed by atoms with Gasteiger partial charge in [0, 0.05) is 30.2 Å². The molecule has 3 N–H and O–H groups in total. The van der Waals surface area contributed by atoms with E-state index in [0.29, 0.717) is 6.04 Å². The summed E-state index contributed by atoms with van der Waals surface area (Å²) >= 11 is 0. The molecule has 5 heteroatoms. The van der Waals surface area contributed by atoms with Crippen molar-refractivity contribution >= 4 is 22.9 Å². The third kappa shape index (κ3) is 3.80. The Bertz CT molecular complexity index is 1000. The van der Waals surface area contributed by atoms with Crippen LogP contribution in [0.25, 0.3) is 17.0 Å². The molecule has 0 radical (unpaired) electrons. The second-order valence-electron chi connectivity index (χ2n) is 7.36. The Labute approximate surface area is 164 Å². The predicted molar refractivity (Wildman–Crippen MR) is 111 cm³/mol. The number of amides is 1. The Hall–Kier alpha value is -3.05. The first kappa shape index (κ1) is 18.3. The van der Waals surface area contributed by atoms with Crippen molar-refractivity contribution in [3.05, 3.63) is 77.5 Å². The molecule has 144 valence electrons. The molecule has 0 bridgehead atoms. The van der Waals surface area contributed by atoms with Crippen LogP contribution in [0.3, 0.4) is 0 Å². The molecule has 1 amide bonds. The van der Waals surface area contributed by atoms with E-state index in [2.05, 4.69) is 23.1 Å². The summed E-state index contributed by atoms with van der Waals surface area (Å²) in [5.41, 5.74) is 9.47. The maximum Gasteiger partial charge on any atom is 0.241 e. The Balaban J connectivity index is 1.45. The number of hydrogen-bond donors (Lipinski definition) is 2. The molecule has 1 aromatic heterocycles. The molecule has 4 rings (SSSR count). The lowest BCUT2D eigenvalue weighted by Crippen LogP contribution is -2.25. The van der Waals surface area contributed by atoms with Crippen molar-refractivity contribution in [1.29, 1.82) is 0 Å². The Morgan fingerprint density at radius 3 is 2.75 bits per heavy atom. The smallest absolute Gasteiger partial charge is 0.241 e. The normalized spacial score (nSPS) is 17.6. The van der Waals surface area contributed by atoms with Crippen LogP contribution in [0.1, 0.15) is 35.6 Å². The fraction of sp³-hybridized carbons (Fsp3) is 0.261. The van der Waals surface area contributed by atoms with E-state index in [9.17, 15) is 10.0 Å². The molecule has 28 heavy (non-hydrogen) atoms. The highest BCUT2D eigenvalue weighted by Crippen LogP contribution is 2.32. The van der Waals surface area contributed by atoms with E-state index in [-0.39, 0.29) is 0 Å². The maximum absolute atomic E-state index is 10.9. The SMILES string of the molecule is NC(=O)/C=C/c1ccc(C2CCCN2CCc2cn(O)c3ccccc23)cc1. The second-order valence-corrected chi connectivity index (χ2v) is 7.36. The Morgan fingerprint density at radius 2 is 1.96 bits per heavy atom. The standard InChI is InChI=1S/C23H25N3O2/c24-23(27)12-9-17-7-10-18(11-8-17)21-6-3-14-25(21)15-13-19-16-26(28)22-5-2-1-4-20(19)22/h1-2,4-5,7-12,16,21,28H,3,6,13-15H2,(H2,24,27)/b12-9+. The van der Waals surface area contributed by atoms with E-state index >= 15 is 0 Å². The summed E-state index contributed by atoms with van der Waals surface area (Å²) in [5, 5.41) is 11.2. The number of nitrogens with zero attached hydrogens (tertiary/aromatic N) is 2. The van der Waals surface area contributed by atoms with Crippen LogP contribution in [0.4, 0.5) is 0 Å². The van der Waals surface area contributed by atoms with Gasteiger partial charge in [0.05, 0.1) is 5.52 Å². The third-order valence-corrected chi connectivity index (χ3v) is 5.57. The van der Waals surface area contributed by atoms with Gasteiger partial charge in [-0.1, -0.05) is 42.5 Å². The van der Waals surface area contributed by atoms with E-state index in [1.807, 2.05) is 36.5 Å². The first-order chi connectivity index (χ1) is 13.6. The highest BCUT2D eigenvalue weighted by molar-refractivity contribution is 5.90. The van der Waals surface area contributed by atoms with Gasteiger partial charge < -0.3 is 10.9 Å². The maximum atomic E-state index is 10.9. The van der Waals surface area contributed by atoms with E-state index in [1.54, 1.807) is 6.08 Å². The Morgan fingerprint density at radius 1 is 1.18 bits per heavy atom. The van der Waals surface area contributed by atoms with E-state index in [0.717, 1.165) is 42.4 Å². The largest absolute Gasteiger partial charge is 0.428 e. The van der Waals surface area contributed by atoms with Crippen molar-refractivity contribution in [3.8, 4) is 0 Å². The summed E-state index contributed by atoms with van der Waals surface area (Å²) in [6, 6.07) is 16.7. The monoisotopic (exact) mass is 375 g/mol. The van der Waals surface area contributed by atoms with Crippen LogP contribution in [0.2, 0.25) is 0 Å². The minimum Gasteiger partial charge on any atom is -0.428 e. The minimum atomic E-state index is -0.435. The fourth-order valence-electron chi connectivity index (χ4n) is 4.17. The average Bonchev–Trinajstić information content (AvgIpc) is 3.30. The quantitative estimate of drug-likeness (QED) is 0.509. The van der Waals surface area contributed by atoms with Crippen LogP contribution in [-0.4, -0.2) is 33.8 Å². The number of nitrogens with two attached hydrogens (primary N) is 1. The van der Waals surface area contributed by atoms with Gasteiger partial charge in [0.15, 0.2) is 0 Å². The lowest BCUT2D eigenvalue weighted by molar-refractivity contribution is -0.113. The van der Waals surface area contributed by atoms with Gasteiger partial charge >= 0.3 is 0 Å². The number of carbonyl (C=O) groups is 1. The molecule has 1 aliphatic rings. The van der Waals surface area contributed by atoms with Gasteiger partial charge in [-0.25, -0.2) is 0 Å². The number of carbonyl (C=O) groups excluding carboxylic acids is 1. The van der Waals surface area contributed by atoms with Gasteiger partial charge in [-0.15, -0.1) is 0 Å². The number of para-hydroxylation sites is 1. The molecule has 0 saturated carbocycles. The van der Waals surface area contributed by atoms with Crippen molar-refractivity contribution in [3.63, 3.8) is 0 Å². The molecule has 1 unspecified atom stereocenters. The van der Waals surface area contributed by atoms with Gasteiger partial charge in [0.2, 0.25) is 5.91 Å². The molecular formula is C23H25N3O2. The molecule has 3 aromatic rings. The first-order valence-electron chi connectivity index (χ1n) is 9.71. The number of aromatic nitrogens is 1. The fourth-order valence-corrected chi connectivity index (χ4v) is 4.17. The summed E-state index contributed by atoms with van der Waals surface area (Å²) in [6.07, 6.45) is 8.20. The van der Waals surface area contributed by atoms with Crippen molar-refractivity contribution in [2.45, 2.75) is 25.3 Å².